The lowest BCUT2D eigenvalue weighted by molar-refractivity contribution is -0.139. The second-order valence-corrected chi connectivity index (χ2v) is 9.19. The van der Waals surface area contributed by atoms with Crippen LogP contribution in [0.5, 0.6) is 5.75 Å². The molecule has 1 aliphatic heterocycles. The number of methoxy groups -OCH3 is 1. The van der Waals surface area contributed by atoms with Crippen LogP contribution < -0.4 is 4.74 Å². The van der Waals surface area contributed by atoms with Gasteiger partial charge in [0.25, 0.3) is 0 Å². The van der Waals surface area contributed by atoms with Crippen LogP contribution in [0.1, 0.15) is 43.2 Å². The number of aryl methyl sites for hydroxylation is 2. The van der Waals surface area contributed by atoms with Crippen LogP contribution in [-0.2, 0) is 17.6 Å². The third kappa shape index (κ3) is 6.35. The molecule has 6 nitrogen and oxygen atoms in total. The topological polar surface area (TPSA) is 75.8 Å². The Bertz CT molecular complexity index is 1030. The summed E-state index contributed by atoms with van der Waals surface area (Å²) in [5.41, 5.74) is 3.50. The van der Waals surface area contributed by atoms with Crippen molar-refractivity contribution in [1.82, 2.24) is 9.88 Å². The van der Waals surface area contributed by atoms with Gasteiger partial charge in [-0.05, 0) is 105 Å². The standard InChI is InChI=1S/C27H34N2O4/c1-32-24-7-8-26-25(17-24)22(9-12-28-26)6-2-5-21-10-14-29(18-23(21)16-27(30)31)13-3-4-20-11-15-33-19-20/h7-9,11-12,15,17,19,21,23H,2-6,10,13-14,16,18H2,1H3,(H,30,31)/t21-,23+/m1/s1. The minimum absolute atomic E-state index is 0.222. The summed E-state index contributed by atoms with van der Waals surface area (Å²) in [5, 5.41) is 10.6. The van der Waals surface area contributed by atoms with E-state index in [1.807, 2.05) is 30.7 Å². The Morgan fingerprint density at radius 2 is 2.12 bits per heavy atom. The second-order valence-electron chi connectivity index (χ2n) is 9.19. The van der Waals surface area contributed by atoms with Crippen molar-refractivity contribution in [2.45, 2.75) is 44.9 Å². The Hall–Kier alpha value is -2.86. The predicted molar refractivity (Wildman–Crippen MR) is 129 cm³/mol. The van der Waals surface area contributed by atoms with Crippen LogP contribution in [0, 0.1) is 11.8 Å². The highest BCUT2D eigenvalue weighted by Crippen LogP contribution is 2.32. The van der Waals surface area contributed by atoms with Gasteiger partial charge in [-0.25, -0.2) is 0 Å². The van der Waals surface area contributed by atoms with Gasteiger partial charge in [-0.2, -0.15) is 0 Å². The Morgan fingerprint density at radius 3 is 2.91 bits per heavy atom. The Kier molecular flexibility index (Phi) is 8.00. The molecule has 1 fully saturated rings. The Balaban J connectivity index is 1.31. The van der Waals surface area contributed by atoms with E-state index < -0.39 is 5.97 Å². The fraction of sp³-hybridized carbons (Fsp3) is 0.481. The van der Waals surface area contributed by atoms with Crippen molar-refractivity contribution in [3.8, 4) is 5.75 Å². The minimum Gasteiger partial charge on any atom is -0.497 e. The number of hydrogen-bond acceptors (Lipinski definition) is 5. The number of hydrogen-bond donors (Lipinski definition) is 1. The van der Waals surface area contributed by atoms with E-state index in [1.165, 1.54) is 11.1 Å². The number of benzene rings is 1. The first kappa shape index (κ1) is 23.3. The zero-order chi connectivity index (χ0) is 23.0. The van der Waals surface area contributed by atoms with Crippen molar-refractivity contribution in [1.29, 1.82) is 0 Å². The summed E-state index contributed by atoms with van der Waals surface area (Å²) < 4.78 is 10.5. The molecule has 176 valence electrons. The molecule has 3 heterocycles. The summed E-state index contributed by atoms with van der Waals surface area (Å²) >= 11 is 0. The first-order valence-electron chi connectivity index (χ1n) is 12.0. The Labute approximate surface area is 195 Å². The monoisotopic (exact) mass is 450 g/mol. The smallest absolute Gasteiger partial charge is 0.303 e. The molecule has 1 aliphatic rings. The third-order valence-corrected chi connectivity index (χ3v) is 6.99. The highest BCUT2D eigenvalue weighted by atomic mass is 16.5. The van der Waals surface area contributed by atoms with Crippen LogP contribution in [0.2, 0.25) is 0 Å². The molecule has 33 heavy (non-hydrogen) atoms. The number of piperidine rings is 1. The fourth-order valence-electron chi connectivity index (χ4n) is 5.22. The average Bonchev–Trinajstić information content (AvgIpc) is 3.33. The Morgan fingerprint density at radius 1 is 1.21 bits per heavy atom. The lowest BCUT2D eigenvalue weighted by Gasteiger charge is -2.38. The number of furan rings is 1. The van der Waals surface area contributed by atoms with E-state index in [4.69, 9.17) is 9.15 Å². The van der Waals surface area contributed by atoms with Gasteiger partial charge >= 0.3 is 5.97 Å². The van der Waals surface area contributed by atoms with Gasteiger partial charge < -0.3 is 19.2 Å². The van der Waals surface area contributed by atoms with E-state index in [-0.39, 0.29) is 12.3 Å². The third-order valence-electron chi connectivity index (χ3n) is 6.99. The number of rotatable bonds is 11. The average molecular weight is 451 g/mol. The zero-order valence-corrected chi connectivity index (χ0v) is 19.4. The summed E-state index contributed by atoms with van der Waals surface area (Å²) in [4.78, 5) is 18.5. The lowest BCUT2D eigenvalue weighted by atomic mass is 9.79. The van der Waals surface area contributed by atoms with E-state index in [0.717, 1.165) is 74.8 Å². The van der Waals surface area contributed by atoms with Crippen LogP contribution in [0.3, 0.4) is 0 Å². The van der Waals surface area contributed by atoms with E-state index in [1.54, 1.807) is 13.4 Å². The van der Waals surface area contributed by atoms with Crippen LogP contribution in [-0.4, -0.2) is 47.7 Å². The van der Waals surface area contributed by atoms with Crippen molar-refractivity contribution < 1.29 is 19.1 Å². The van der Waals surface area contributed by atoms with Gasteiger partial charge in [0.2, 0.25) is 0 Å². The first-order chi connectivity index (χ1) is 16.1. The van der Waals surface area contributed by atoms with Crippen molar-refractivity contribution in [2.75, 3.05) is 26.7 Å². The number of aliphatic carboxylic acids is 1. The number of pyridine rings is 1. The van der Waals surface area contributed by atoms with Crippen molar-refractivity contribution in [3.63, 3.8) is 0 Å². The number of likely N-dealkylation sites (tertiary alicyclic amines) is 1. The van der Waals surface area contributed by atoms with E-state index >= 15 is 0 Å². The van der Waals surface area contributed by atoms with Gasteiger partial charge in [0.15, 0.2) is 0 Å². The highest BCUT2D eigenvalue weighted by Gasteiger charge is 2.30. The van der Waals surface area contributed by atoms with E-state index in [0.29, 0.717) is 5.92 Å². The summed E-state index contributed by atoms with van der Waals surface area (Å²) in [6, 6.07) is 10.1. The van der Waals surface area contributed by atoms with Crippen LogP contribution in [0.25, 0.3) is 10.9 Å². The molecule has 0 radical (unpaired) electrons. The molecule has 3 aromatic rings. The van der Waals surface area contributed by atoms with Crippen molar-refractivity contribution in [2.24, 2.45) is 11.8 Å². The number of ether oxygens (including phenoxy) is 1. The molecule has 0 aliphatic carbocycles. The normalized spacial score (nSPS) is 19.1. The molecule has 0 unspecified atom stereocenters. The molecule has 1 saturated heterocycles. The molecule has 0 spiro atoms. The number of carboxylic acids is 1. The fourth-order valence-corrected chi connectivity index (χ4v) is 5.22. The molecule has 0 bridgehead atoms. The molecule has 1 N–H and O–H groups in total. The highest BCUT2D eigenvalue weighted by molar-refractivity contribution is 5.83. The maximum absolute atomic E-state index is 11.5. The molecular formula is C27H34N2O4. The summed E-state index contributed by atoms with van der Waals surface area (Å²) in [6.45, 7) is 2.96. The maximum Gasteiger partial charge on any atom is 0.303 e. The maximum atomic E-state index is 11.5. The lowest BCUT2D eigenvalue weighted by Crippen LogP contribution is -2.41. The molecule has 1 aromatic carbocycles. The largest absolute Gasteiger partial charge is 0.497 e. The summed E-state index contributed by atoms with van der Waals surface area (Å²) in [7, 11) is 1.68. The van der Waals surface area contributed by atoms with Gasteiger partial charge in [0.05, 0.1) is 25.2 Å². The quantitative estimate of drug-likeness (QED) is 0.432. The van der Waals surface area contributed by atoms with Gasteiger partial charge in [0, 0.05) is 24.5 Å². The van der Waals surface area contributed by atoms with E-state index in [2.05, 4.69) is 22.0 Å². The molecule has 2 atom stereocenters. The van der Waals surface area contributed by atoms with Crippen molar-refractivity contribution >= 4 is 16.9 Å². The van der Waals surface area contributed by atoms with Gasteiger partial charge in [-0.1, -0.05) is 0 Å². The second kappa shape index (κ2) is 11.3. The van der Waals surface area contributed by atoms with Crippen LogP contribution >= 0.6 is 0 Å². The molecule has 0 amide bonds. The molecule has 6 heteroatoms. The summed E-state index contributed by atoms with van der Waals surface area (Å²) in [6.07, 6.45) is 11.9. The molecule has 0 saturated carbocycles. The zero-order valence-electron chi connectivity index (χ0n) is 19.4. The van der Waals surface area contributed by atoms with Crippen LogP contribution in [0.4, 0.5) is 0 Å². The molecule has 4 rings (SSSR count). The number of aromatic nitrogens is 1. The van der Waals surface area contributed by atoms with E-state index in [9.17, 15) is 9.90 Å². The van der Waals surface area contributed by atoms with Gasteiger partial charge in [0.1, 0.15) is 5.75 Å². The first-order valence-corrected chi connectivity index (χ1v) is 12.0. The molecule has 2 aromatic heterocycles. The number of nitrogens with zero attached hydrogens (tertiary/aromatic N) is 2. The number of fused-ring (bicyclic) bond motifs is 1. The number of carbonyl (C=O) groups is 1. The van der Waals surface area contributed by atoms with Gasteiger partial charge in [-0.3, -0.25) is 9.78 Å². The SMILES string of the molecule is COc1ccc2nccc(CCC[C@@H]3CCN(CCCc4ccoc4)C[C@@H]3CC(=O)O)c2c1. The minimum atomic E-state index is -0.683. The van der Waals surface area contributed by atoms with Crippen LogP contribution in [0.15, 0.2) is 53.5 Å². The number of carboxylic acid groups (broad SMARTS) is 1. The van der Waals surface area contributed by atoms with Crippen molar-refractivity contribution in [3.05, 3.63) is 60.2 Å². The summed E-state index contributed by atoms with van der Waals surface area (Å²) in [5.74, 6) is 0.851. The van der Waals surface area contributed by atoms with Gasteiger partial charge in [-0.15, -0.1) is 0 Å². The predicted octanol–water partition coefficient (Wildman–Crippen LogP) is 5.20. The molecular weight excluding hydrogens is 416 g/mol.